The number of amides is 1. The summed E-state index contributed by atoms with van der Waals surface area (Å²) in [6.45, 7) is 2.27. The van der Waals surface area contributed by atoms with E-state index in [-0.39, 0.29) is 5.91 Å². The Balaban J connectivity index is 2.01. The first-order valence-electron chi connectivity index (χ1n) is 8.25. The predicted molar refractivity (Wildman–Crippen MR) is 90.6 cm³/mol. The molecule has 0 aromatic heterocycles. The average Bonchev–Trinajstić information content (AvgIpc) is 2.58. The lowest BCUT2D eigenvalue weighted by atomic mass is 9.85. The van der Waals surface area contributed by atoms with Crippen molar-refractivity contribution in [2.45, 2.75) is 25.3 Å². The van der Waals surface area contributed by atoms with E-state index in [0.717, 1.165) is 18.7 Å². The van der Waals surface area contributed by atoms with Crippen LogP contribution in [0.25, 0.3) is 0 Å². The molecule has 0 unspecified atom stereocenters. The predicted octanol–water partition coefficient (Wildman–Crippen LogP) is 2.23. The quantitative estimate of drug-likeness (QED) is 0.837. The Kier molecular flexibility index (Phi) is 6.86. The van der Waals surface area contributed by atoms with Gasteiger partial charge in [0.2, 0.25) is 5.91 Å². The number of benzene rings is 1. The molecular weight excluding hydrogens is 292 g/mol. The Morgan fingerprint density at radius 2 is 2.04 bits per heavy atom. The third-order valence-corrected chi connectivity index (χ3v) is 4.56. The standard InChI is InChI=1S/C18H28N2O3/c1-20-11-4-5-15(13-19-17(21)10-12-22-2)18(20)14-6-8-16(23-3)9-7-14/h6-9,15,18H,4-5,10-13H2,1-3H3,(H,19,21)/t15-,18-/m0/s1. The van der Waals surface area contributed by atoms with Crippen molar-refractivity contribution in [2.24, 2.45) is 5.92 Å². The van der Waals surface area contributed by atoms with Gasteiger partial charge in [-0.1, -0.05) is 12.1 Å². The molecule has 1 N–H and O–H groups in total. The monoisotopic (exact) mass is 320 g/mol. The molecule has 2 atom stereocenters. The summed E-state index contributed by atoms with van der Waals surface area (Å²) in [4.78, 5) is 14.2. The van der Waals surface area contributed by atoms with Crippen molar-refractivity contribution >= 4 is 5.91 Å². The number of piperidine rings is 1. The third kappa shape index (κ3) is 4.94. The summed E-state index contributed by atoms with van der Waals surface area (Å²) in [5.41, 5.74) is 1.28. The molecule has 1 aromatic rings. The van der Waals surface area contributed by atoms with Crippen LogP contribution in [0.2, 0.25) is 0 Å². The maximum absolute atomic E-state index is 11.8. The maximum Gasteiger partial charge on any atom is 0.222 e. The van der Waals surface area contributed by atoms with Gasteiger partial charge in [-0.05, 0) is 50.0 Å². The molecule has 23 heavy (non-hydrogen) atoms. The van der Waals surface area contributed by atoms with E-state index in [9.17, 15) is 4.79 Å². The van der Waals surface area contributed by atoms with Crippen LogP contribution in [0, 0.1) is 5.92 Å². The molecule has 1 aliphatic rings. The fourth-order valence-corrected chi connectivity index (χ4v) is 3.33. The molecule has 1 heterocycles. The van der Waals surface area contributed by atoms with E-state index in [1.807, 2.05) is 12.1 Å². The maximum atomic E-state index is 11.8. The van der Waals surface area contributed by atoms with Crippen molar-refractivity contribution in [2.75, 3.05) is 41.0 Å². The molecule has 5 heteroatoms. The van der Waals surface area contributed by atoms with Gasteiger partial charge in [-0.25, -0.2) is 0 Å². The molecule has 0 spiro atoms. The topological polar surface area (TPSA) is 50.8 Å². The molecule has 1 saturated heterocycles. The second kappa shape index (κ2) is 8.89. The zero-order chi connectivity index (χ0) is 16.7. The number of nitrogens with one attached hydrogen (secondary N) is 1. The average molecular weight is 320 g/mol. The van der Waals surface area contributed by atoms with Gasteiger partial charge in [0.15, 0.2) is 0 Å². The van der Waals surface area contributed by atoms with Crippen molar-refractivity contribution in [1.29, 1.82) is 0 Å². The van der Waals surface area contributed by atoms with E-state index in [1.54, 1.807) is 14.2 Å². The van der Waals surface area contributed by atoms with Crippen LogP contribution in [0.5, 0.6) is 5.75 Å². The molecular formula is C18H28N2O3. The molecule has 0 saturated carbocycles. The van der Waals surface area contributed by atoms with Crippen LogP contribution < -0.4 is 10.1 Å². The zero-order valence-corrected chi connectivity index (χ0v) is 14.4. The van der Waals surface area contributed by atoms with Crippen LogP contribution in [0.15, 0.2) is 24.3 Å². The summed E-state index contributed by atoms with van der Waals surface area (Å²) < 4.78 is 10.2. The van der Waals surface area contributed by atoms with E-state index in [0.29, 0.717) is 31.5 Å². The molecule has 128 valence electrons. The van der Waals surface area contributed by atoms with Crippen molar-refractivity contribution in [3.8, 4) is 5.75 Å². The van der Waals surface area contributed by atoms with Gasteiger partial charge >= 0.3 is 0 Å². The number of methoxy groups -OCH3 is 2. The molecule has 1 aromatic carbocycles. The minimum Gasteiger partial charge on any atom is -0.497 e. The number of likely N-dealkylation sites (tertiary alicyclic amines) is 1. The minimum atomic E-state index is 0.0635. The second-order valence-electron chi connectivity index (χ2n) is 6.15. The van der Waals surface area contributed by atoms with E-state index < -0.39 is 0 Å². The molecule has 0 bridgehead atoms. The molecule has 5 nitrogen and oxygen atoms in total. The SMILES string of the molecule is COCCC(=O)NC[C@@H]1CCCN(C)[C@H]1c1ccc(OC)cc1. The number of hydrogen-bond donors (Lipinski definition) is 1. The van der Waals surface area contributed by atoms with E-state index >= 15 is 0 Å². The highest BCUT2D eigenvalue weighted by Gasteiger charge is 2.30. The summed E-state index contributed by atoms with van der Waals surface area (Å²) >= 11 is 0. The van der Waals surface area contributed by atoms with E-state index in [4.69, 9.17) is 9.47 Å². The van der Waals surface area contributed by atoms with Crippen molar-refractivity contribution in [3.05, 3.63) is 29.8 Å². The van der Waals surface area contributed by atoms with Gasteiger partial charge in [-0.2, -0.15) is 0 Å². The van der Waals surface area contributed by atoms with Gasteiger partial charge in [0, 0.05) is 26.1 Å². The van der Waals surface area contributed by atoms with Crippen molar-refractivity contribution < 1.29 is 14.3 Å². The molecule has 0 aliphatic carbocycles. The largest absolute Gasteiger partial charge is 0.497 e. The number of ether oxygens (including phenoxy) is 2. The zero-order valence-electron chi connectivity index (χ0n) is 14.4. The van der Waals surface area contributed by atoms with Crippen molar-refractivity contribution in [3.63, 3.8) is 0 Å². The van der Waals surface area contributed by atoms with Gasteiger partial charge < -0.3 is 14.8 Å². The number of carbonyl (C=O) groups is 1. The number of carbonyl (C=O) groups excluding carboxylic acids is 1. The third-order valence-electron chi connectivity index (χ3n) is 4.56. The molecule has 1 aliphatic heterocycles. The minimum absolute atomic E-state index is 0.0635. The van der Waals surface area contributed by atoms with E-state index in [1.165, 1.54) is 12.0 Å². The number of hydrogen-bond acceptors (Lipinski definition) is 4. The smallest absolute Gasteiger partial charge is 0.222 e. The number of rotatable bonds is 7. The van der Waals surface area contributed by atoms with E-state index in [2.05, 4.69) is 29.4 Å². The summed E-state index contributed by atoms with van der Waals surface area (Å²) in [6, 6.07) is 8.60. The van der Waals surface area contributed by atoms with Crippen LogP contribution in [0.1, 0.15) is 30.9 Å². The normalized spacial score (nSPS) is 21.9. The lowest BCUT2D eigenvalue weighted by Crippen LogP contribution is -2.41. The fraction of sp³-hybridized carbons (Fsp3) is 0.611. The van der Waals surface area contributed by atoms with Crippen LogP contribution in [-0.2, 0) is 9.53 Å². The second-order valence-corrected chi connectivity index (χ2v) is 6.15. The van der Waals surface area contributed by atoms with Gasteiger partial charge in [-0.15, -0.1) is 0 Å². The molecule has 0 radical (unpaired) electrons. The van der Waals surface area contributed by atoms with Crippen LogP contribution >= 0.6 is 0 Å². The summed E-state index contributed by atoms with van der Waals surface area (Å²) in [5, 5.41) is 3.06. The Morgan fingerprint density at radius 1 is 1.30 bits per heavy atom. The Morgan fingerprint density at radius 3 is 2.70 bits per heavy atom. The van der Waals surface area contributed by atoms with Gasteiger partial charge in [0.1, 0.15) is 5.75 Å². The van der Waals surface area contributed by atoms with Crippen LogP contribution in [0.4, 0.5) is 0 Å². The highest BCUT2D eigenvalue weighted by Crippen LogP contribution is 2.35. The Bertz CT molecular complexity index is 490. The fourth-order valence-electron chi connectivity index (χ4n) is 3.33. The van der Waals surface area contributed by atoms with Crippen molar-refractivity contribution in [1.82, 2.24) is 10.2 Å². The first kappa shape index (κ1) is 17.8. The lowest BCUT2D eigenvalue weighted by molar-refractivity contribution is -0.122. The van der Waals surface area contributed by atoms with Crippen LogP contribution in [0.3, 0.4) is 0 Å². The first-order chi connectivity index (χ1) is 11.2. The summed E-state index contributed by atoms with van der Waals surface area (Å²) in [7, 11) is 5.46. The number of nitrogens with zero attached hydrogens (tertiary/aromatic N) is 1. The van der Waals surface area contributed by atoms with Gasteiger partial charge in [0.25, 0.3) is 0 Å². The molecule has 2 rings (SSSR count). The summed E-state index contributed by atoms with van der Waals surface area (Å²) in [6.07, 6.45) is 2.72. The van der Waals surface area contributed by atoms with Gasteiger partial charge in [0.05, 0.1) is 13.7 Å². The van der Waals surface area contributed by atoms with Gasteiger partial charge in [-0.3, -0.25) is 9.69 Å². The Hall–Kier alpha value is -1.59. The highest BCUT2D eigenvalue weighted by molar-refractivity contribution is 5.75. The summed E-state index contributed by atoms with van der Waals surface area (Å²) in [5.74, 6) is 1.36. The van der Waals surface area contributed by atoms with Crippen LogP contribution in [-0.4, -0.2) is 51.8 Å². The molecule has 1 fully saturated rings. The molecule has 1 amide bonds. The lowest BCUT2D eigenvalue weighted by Gasteiger charge is -2.39. The highest BCUT2D eigenvalue weighted by atomic mass is 16.5. The Labute approximate surface area is 139 Å². The first-order valence-corrected chi connectivity index (χ1v) is 8.25.